The molecule has 1 aliphatic carbocycles. The van der Waals surface area contributed by atoms with Gasteiger partial charge in [0.1, 0.15) is 27.9 Å². The fraction of sp³-hybridized carbons (Fsp3) is 0.0526. The van der Waals surface area contributed by atoms with Crippen molar-refractivity contribution >= 4 is 82.9 Å². The van der Waals surface area contributed by atoms with Crippen LogP contribution in [0.15, 0.2) is 201 Å². The van der Waals surface area contributed by atoms with Crippen molar-refractivity contribution < 1.29 is 13.3 Å². The third-order valence-electron chi connectivity index (χ3n) is 13.1. The minimum Gasteiger partial charge on any atom is -0.455 e. The van der Waals surface area contributed by atoms with Crippen molar-refractivity contribution in [2.45, 2.75) is 19.3 Å². The predicted octanol–water partition coefficient (Wildman–Crippen LogP) is 16.5. The third kappa shape index (κ3) is 4.87. The van der Waals surface area contributed by atoms with Crippen LogP contribution in [0.25, 0.3) is 99.2 Å². The highest BCUT2D eigenvalue weighted by molar-refractivity contribution is 6.15. The average Bonchev–Trinajstić information content (AvgIpc) is 4.06. The highest BCUT2D eigenvalue weighted by Gasteiger charge is 2.37. The Labute approximate surface area is 351 Å². The van der Waals surface area contributed by atoms with Crippen LogP contribution in [0.5, 0.6) is 0 Å². The number of anilines is 3. The summed E-state index contributed by atoms with van der Waals surface area (Å²) in [4.78, 5) is 2.32. The minimum absolute atomic E-state index is 0.128. The van der Waals surface area contributed by atoms with Crippen LogP contribution >= 0.6 is 0 Å². The first-order valence-electron chi connectivity index (χ1n) is 20.9. The van der Waals surface area contributed by atoms with Crippen LogP contribution in [-0.2, 0) is 5.41 Å². The Morgan fingerprint density at radius 2 is 0.820 bits per heavy atom. The van der Waals surface area contributed by atoms with E-state index in [0.717, 1.165) is 105 Å². The number of hydrogen-bond donors (Lipinski definition) is 0. The van der Waals surface area contributed by atoms with Crippen LogP contribution < -0.4 is 4.90 Å². The van der Waals surface area contributed by atoms with Gasteiger partial charge in [-0.1, -0.05) is 159 Å². The van der Waals surface area contributed by atoms with E-state index in [0.29, 0.717) is 0 Å². The molecule has 0 unspecified atom stereocenters. The first-order chi connectivity index (χ1) is 30.0. The number of benzene rings is 9. The van der Waals surface area contributed by atoms with Crippen LogP contribution in [0.4, 0.5) is 17.1 Å². The molecule has 3 aromatic heterocycles. The molecule has 0 bridgehead atoms. The Morgan fingerprint density at radius 3 is 1.43 bits per heavy atom. The molecule has 0 aliphatic heterocycles. The zero-order valence-corrected chi connectivity index (χ0v) is 33.6. The predicted molar refractivity (Wildman–Crippen MR) is 251 cm³/mol. The van der Waals surface area contributed by atoms with E-state index in [1.54, 1.807) is 0 Å². The van der Waals surface area contributed by atoms with Gasteiger partial charge in [0.25, 0.3) is 0 Å². The molecule has 0 fully saturated rings. The summed E-state index contributed by atoms with van der Waals surface area (Å²) in [7, 11) is 0. The second-order valence-corrected chi connectivity index (χ2v) is 16.8. The first-order valence-corrected chi connectivity index (χ1v) is 20.9. The molecule has 3 heterocycles. The van der Waals surface area contributed by atoms with E-state index in [1.807, 2.05) is 24.3 Å². The van der Waals surface area contributed by atoms with Gasteiger partial charge in [-0.3, -0.25) is 0 Å². The standard InChI is InChI=1S/C57H37NO3/c1-57(2)47-20-6-3-14-46(47)52-48(57)33-32-45-44-19-11-21-49(55(44)61-56(45)52)58(36-28-24-34(25-29-36)38-15-9-17-42-40-12-4-7-22-50(40)59-53(38)42)37-30-26-35(27-31-37)39-16-10-18-43-41-13-5-8-23-51(41)60-54(39)43/h3-33H,1-2H3. The van der Waals surface area contributed by atoms with Gasteiger partial charge in [0, 0.05) is 65.8 Å². The lowest BCUT2D eigenvalue weighted by atomic mass is 9.82. The van der Waals surface area contributed by atoms with Gasteiger partial charge in [-0.15, -0.1) is 0 Å². The quantitative estimate of drug-likeness (QED) is 0.174. The summed E-state index contributed by atoms with van der Waals surface area (Å²) in [6.45, 7) is 4.63. The van der Waals surface area contributed by atoms with E-state index in [1.165, 1.54) is 22.3 Å². The average molecular weight is 784 g/mol. The lowest BCUT2D eigenvalue weighted by Crippen LogP contribution is -2.14. The number of fused-ring (bicyclic) bond motifs is 13. The summed E-state index contributed by atoms with van der Waals surface area (Å²) in [5.41, 5.74) is 17.6. The van der Waals surface area contributed by atoms with Gasteiger partial charge >= 0.3 is 0 Å². The topological polar surface area (TPSA) is 42.7 Å². The number of rotatable bonds is 5. The second-order valence-electron chi connectivity index (χ2n) is 16.8. The maximum absolute atomic E-state index is 7.17. The summed E-state index contributed by atoms with van der Waals surface area (Å²) in [6.07, 6.45) is 0. The molecule has 0 saturated heterocycles. The molecule has 4 nitrogen and oxygen atoms in total. The second kappa shape index (κ2) is 12.6. The van der Waals surface area contributed by atoms with Crippen molar-refractivity contribution in [2.75, 3.05) is 4.90 Å². The van der Waals surface area contributed by atoms with Gasteiger partial charge in [-0.05, 0) is 70.3 Å². The monoisotopic (exact) mass is 783 g/mol. The van der Waals surface area contributed by atoms with Crippen molar-refractivity contribution in [3.63, 3.8) is 0 Å². The van der Waals surface area contributed by atoms with Crippen LogP contribution in [-0.4, -0.2) is 0 Å². The van der Waals surface area contributed by atoms with E-state index in [-0.39, 0.29) is 5.41 Å². The van der Waals surface area contributed by atoms with Gasteiger partial charge in [-0.25, -0.2) is 0 Å². The molecule has 0 N–H and O–H groups in total. The summed E-state index contributed by atoms with van der Waals surface area (Å²) >= 11 is 0. The Morgan fingerprint density at radius 1 is 0.344 bits per heavy atom. The molecule has 1 aliphatic rings. The normalized spacial score (nSPS) is 13.2. The first kappa shape index (κ1) is 34.1. The largest absolute Gasteiger partial charge is 0.455 e. The van der Waals surface area contributed by atoms with Crippen molar-refractivity contribution in [3.05, 3.63) is 199 Å². The molecule has 288 valence electrons. The maximum Gasteiger partial charge on any atom is 0.159 e. The number of hydrogen-bond acceptors (Lipinski definition) is 4. The lowest BCUT2D eigenvalue weighted by Gasteiger charge is -2.26. The summed E-state index contributed by atoms with van der Waals surface area (Å²) in [5.74, 6) is 0. The van der Waals surface area contributed by atoms with Gasteiger partial charge < -0.3 is 18.2 Å². The summed E-state index contributed by atoms with van der Waals surface area (Å²) < 4.78 is 20.1. The van der Waals surface area contributed by atoms with E-state index in [4.69, 9.17) is 13.3 Å². The lowest BCUT2D eigenvalue weighted by molar-refractivity contribution is 0.653. The molecule has 0 atom stereocenters. The molecular formula is C57H37NO3. The number of para-hydroxylation sites is 5. The smallest absolute Gasteiger partial charge is 0.159 e. The summed E-state index contributed by atoms with van der Waals surface area (Å²) in [6, 6.07) is 66.8. The van der Waals surface area contributed by atoms with E-state index in [2.05, 4.69) is 183 Å². The van der Waals surface area contributed by atoms with Gasteiger partial charge in [0.05, 0.1) is 5.69 Å². The van der Waals surface area contributed by atoms with Crippen molar-refractivity contribution in [2.24, 2.45) is 0 Å². The summed E-state index contributed by atoms with van der Waals surface area (Å²) in [5, 5.41) is 6.69. The highest BCUT2D eigenvalue weighted by Crippen LogP contribution is 2.53. The molecule has 0 saturated carbocycles. The molecule has 13 rings (SSSR count). The fourth-order valence-corrected chi connectivity index (χ4v) is 10.2. The molecule has 0 amide bonds. The van der Waals surface area contributed by atoms with Crippen LogP contribution in [0.2, 0.25) is 0 Å². The van der Waals surface area contributed by atoms with Crippen LogP contribution in [0, 0.1) is 0 Å². The number of nitrogens with zero attached hydrogens (tertiary/aromatic N) is 1. The zero-order valence-electron chi connectivity index (χ0n) is 33.6. The van der Waals surface area contributed by atoms with Gasteiger partial charge in [0.15, 0.2) is 5.58 Å². The van der Waals surface area contributed by atoms with E-state index >= 15 is 0 Å². The van der Waals surface area contributed by atoms with Gasteiger partial charge in [0.2, 0.25) is 0 Å². The molecule has 61 heavy (non-hydrogen) atoms. The van der Waals surface area contributed by atoms with Crippen molar-refractivity contribution in [3.8, 4) is 33.4 Å². The molecule has 4 heteroatoms. The van der Waals surface area contributed by atoms with E-state index < -0.39 is 0 Å². The molecule has 0 spiro atoms. The molecular weight excluding hydrogens is 747 g/mol. The maximum atomic E-state index is 7.17. The van der Waals surface area contributed by atoms with E-state index in [9.17, 15) is 0 Å². The van der Waals surface area contributed by atoms with Crippen molar-refractivity contribution in [1.29, 1.82) is 0 Å². The number of furan rings is 3. The fourth-order valence-electron chi connectivity index (χ4n) is 10.2. The Bertz CT molecular complexity index is 3570. The van der Waals surface area contributed by atoms with Crippen LogP contribution in [0.1, 0.15) is 25.0 Å². The van der Waals surface area contributed by atoms with Crippen LogP contribution in [0.3, 0.4) is 0 Å². The third-order valence-corrected chi connectivity index (χ3v) is 13.1. The molecule has 12 aromatic rings. The molecule has 9 aromatic carbocycles. The molecule has 0 radical (unpaired) electrons. The Balaban J connectivity index is 0.990. The Hall–Kier alpha value is -7.82. The zero-order chi connectivity index (χ0) is 40.4. The van der Waals surface area contributed by atoms with Crippen molar-refractivity contribution in [1.82, 2.24) is 0 Å². The minimum atomic E-state index is -0.128. The Kier molecular flexibility index (Phi) is 7.04. The SMILES string of the molecule is CC1(C)c2ccccc2-c2c1ccc1c2oc2c(N(c3ccc(-c4cccc5c4oc4ccccc45)cc3)c3ccc(-c4cccc5c4oc4ccccc45)cc3)cccc21. The van der Waals surface area contributed by atoms with Gasteiger partial charge in [-0.2, -0.15) is 0 Å². The highest BCUT2D eigenvalue weighted by atomic mass is 16.3.